The van der Waals surface area contributed by atoms with E-state index in [1.165, 1.54) is 0 Å². The molecule has 9 nitrogen and oxygen atoms in total. The molecule has 1 rings (SSSR count). The van der Waals surface area contributed by atoms with Gasteiger partial charge in [0.25, 0.3) is 0 Å². The van der Waals surface area contributed by atoms with Crippen molar-refractivity contribution < 1.29 is 38.4 Å². The van der Waals surface area contributed by atoms with E-state index in [0.29, 0.717) is 37.2 Å². The first-order valence-electron chi connectivity index (χ1n) is 9.75. The Kier molecular flexibility index (Phi) is 12.0. The van der Waals surface area contributed by atoms with Crippen LogP contribution in [0.2, 0.25) is 0 Å². The molecule has 30 heavy (non-hydrogen) atoms. The molecule has 1 heterocycles. The summed E-state index contributed by atoms with van der Waals surface area (Å²) in [7, 11) is 0. The Hall–Kier alpha value is -2.20. The van der Waals surface area contributed by atoms with Crippen LogP contribution in [0.3, 0.4) is 0 Å². The first-order chi connectivity index (χ1) is 14.2. The molecule has 0 radical (unpaired) electrons. The summed E-state index contributed by atoms with van der Waals surface area (Å²) in [4.78, 5) is 40.3. The zero-order valence-electron chi connectivity index (χ0n) is 18.1. The number of carbonyl (C=O) groups is 2. The van der Waals surface area contributed by atoms with Crippen LogP contribution < -0.4 is 0 Å². The Labute approximate surface area is 178 Å². The molecule has 0 aliphatic carbocycles. The van der Waals surface area contributed by atoms with Gasteiger partial charge in [0.05, 0.1) is 26.4 Å². The lowest BCUT2D eigenvalue weighted by atomic mass is 10.2. The highest BCUT2D eigenvalue weighted by molar-refractivity contribution is 5.81. The summed E-state index contributed by atoms with van der Waals surface area (Å²) in [5, 5.41) is 0.757. The number of rotatable bonds is 11. The molecule has 1 aliphatic rings. The van der Waals surface area contributed by atoms with Crippen molar-refractivity contribution in [3.05, 3.63) is 36.5 Å². The van der Waals surface area contributed by atoms with E-state index in [4.69, 9.17) is 28.8 Å². The van der Waals surface area contributed by atoms with E-state index >= 15 is 0 Å². The number of ether oxygens (including phenoxy) is 3. The topological polar surface area (TPSA) is 92.8 Å². The third-order valence-corrected chi connectivity index (χ3v) is 3.65. The maximum absolute atomic E-state index is 12.8. The van der Waals surface area contributed by atoms with Gasteiger partial charge in [-0.25, -0.2) is 9.59 Å². The van der Waals surface area contributed by atoms with E-state index in [1.54, 1.807) is 13.8 Å². The minimum Gasteiger partial charge on any atom is -0.458 e. The molecule has 0 spiro atoms. The number of carbonyl (C=O) groups excluding carboxylic acids is 2. The Morgan fingerprint density at radius 1 is 1.10 bits per heavy atom. The van der Waals surface area contributed by atoms with E-state index < -0.39 is 24.2 Å². The molecule has 0 saturated carbocycles. The average Bonchev–Trinajstić information content (AvgIpc) is 2.72. The van der Waals surface area contributed by atoms with Crippen molar-refractivity contribution in [1.82, 2.24) is 5.06 Å². The second-order valence-electron chi connectivity index (χ2n) is 7.39. The Morgan fingerprint density at radius 2 is 1.77 bits per heavy atom. The Morgan fingerprint density at radius 3 is 2.40 bits per heavy atom. The SMILES string of the molecule is C=C(C)COCC1CCCOCC(N(OCC(=C)C)C(=O)OOCC(=C)C)C(=O)O1. The third-order valence-electron chi connectivity index (χ3n) is 3.65. The van der Waals surface area contributed by atoms with Gasteiger partial charge in [-0.15, -0.1) is 0 Å². The number of esters is 1. The number of hydroxylamine groups is 2. The van der Waals surface area contributed by atoms with Crippen LogP contribution in [-0.2, 0) is 33.6 Å². The third kappa shape index (κ3) is 10.5. The molecule has 2 atom stereocenters. The monoisotopic (exact) mass is 427 g/mol. The average molecular weight is 427 g/mol. The number of cyclic esters (lactones) is 1. The van der Waals surface area contributed by atoms with E-state index in [2.05, 4.69) is 19.7 Å². The molecule has 0 N–H and O–H groups in total. The van der Waals surface area contributed by atoms with Gasteiger partial charge in [-0.2, -0.15) is 9.95 Å². The molecular formula is C21H33NO8. The van der Waals surface area contributed by atoms with Gasteiger partial charge in [0.15, 0.2) is 6.04 Å². The highest BCUT2D eigenvalue weighted by Gasteiger charge is 2.37. The van der Waals surface area contributed by atoms with Gasteiger partial charge in [-0.3, -0.25) is 9.73 Å². The van der Waals surface area contributed by atoms with Gasteiger partial charge in [-0.05, 0) is 33.6 Å². The lowest BCUT2D eigenvalue weighted by Crippen LogP contribution is -2.49. The molecule has 1 fully saturated rings. The lowest BCUT2D eigenvalue weighted by molar-refractivity contribution is -0.270. The summed E-state index contributed by atoms with van der Waals surface area (Å²) in [6.07, 6.45) is -0.273. The minimum atomic E-state index is -1.19. The van der Waals surface area contributed by atoms with Crippen molar-refractivity contribution in [3.8, 4) is 0 Å². The smallest absolute Gasteiger partial charge is 0.458 e. The maximum atomic E-state index is 12.8. The van der Waals surface area contributed by atoms with Crippen LogP contribution in [0.1, 0.15) is 33.6 Å². The second kappa shape index (κ2) is 13.9. The number of nitrogens with zero attached hydrogens (tertiary/aromatic N) is 1. The van der Waals surface area contributed by atoms with Crippen molar-refractivity contribution in [2.45, 2.75) is 45.8 Å². The highest BCUT2D eigenvalue weighted by atomic mass is 17.2. The summed E-state index contributed by atoms with van der Waals surface area (Å²) in [6.45, 7) is 17.3. The number of amides is 1. The maximum Gasteiger partial charge on any atom is 0.466 e. The fourth-order valence-electron chi connectivity index (χ4n) is 2.29. The van der Waals surface area contributed by atoms with Crippen LogP contribution in [0.4, 0.5) is 4.79 Å². The predicted octanol–water partition coefficient (Wildman–Crippen LogP) is 3.12. The first kappa shape index (κ1) is 25.8. The lowest BCUT2D eigenvalue weighted by Gasteiger charge is -2.28. The standard InChI is InChI=1S/C21H33NO8/c1-15(2)10-26-13-18-8-7-9-25-14-19(20(23)29-18)22(27-11-16(3)4)21(24)30-28-12-17(5)6/h18-19H,1,3,5,7-14H2,2,4,6H3. The van der Waals surface area contributed by atoms with E-state index in [9.17, 15) is 9.59 Å². The summed E-state index contributed by atoms with van der Waals surface area (Å²) in [5.74, 6) is -0.695. The van der Waals surface area contributed by atoms with E-state index in [-0.39, 0.29) is 26.4 Å². The molecule has 0 aromatic rings. The molecular weight excluding hydrogens is 394 g/mol. The van der Waals surface area contributed by atoms with E-state index in [1.807, 2.05) is 6.92 Å². The van der Waals surface area contributed by atoms with Crippen LogP contribution in [0, 0.1) is 0 Å². The molecule has 0 bridgehead atoms. The fourth-order valence-corrected chi connectivity index (χ4v) is 2.29. The summed E-state index contributed by atoms with van der Waals surface area (Å²) >= 11 is 0. The second-order valence-corrected chi connectivity index (χ2v) is 7.39. The van der Waals surface area contributed by atoms with Crippen molar-refractivity contribution in [3.63, 3.8) is 0 Å². The fraction of sp³-hybridized carbons (Fsp3) is 0.619. The zero-order valence-corrected chi connectivity index (χ0v) is 18.1. The summed E-state index contributed by atoms with van der Waals surface area (Å²) < 4.78 is 16.6. The largest absolute Gasteiger partial charge is 0.466 e. The molecule has 0 aromatic heterocycles. The predicted molar refractivity (Wildman–Crippen MR) is 109 cm³/mol. The minimum absolute atomic E-state index is 0.00775. The highest BCUT2D eigenvalue weighted by Crippen LogP contribution is 2.15. The van der Waals surface area contributed by atoms with Crippen molar-refractivity contribution in [2.75, 3.05) is 39.6 Å². The van der Waals surface area contributed by atoms with Crippen LogP contribution in [-0.4, -0.2) is 68.9 Å². The molecule has 1 aliphatic heterocycles. The van der Waals surface area contributed by atoms with E-state index in [0.717, 1.165) is 10.6 Å². The van der Waals surface area contributed by atoms with Crippen molar-refractivity contribution in [2.24, 2.45) is 0 Å². The zero-order chi connectivity index (χ0) is 22.5. The van der Waals surface area contributed by atoms with Gasteiger partial charge < -0.3 is 14.2 Å². The normalized spacial score (nSPS) is 19.6. The molecule has 1 amide bonds. The molecule has 2 unspecified atom stereocenters. The first-order valence-corrected chi connectivity index (χ1v) is 9.75. The van der Waals surface area contributed by atoms with Gasteiger partial charge >= 0.3 is 12.1 Å². The quantitative estimate of drug-likeness (QED) is 0.215. The molecule has 9 heteroatoms. The number of hydrogen-bond donors (Lipinski definition) is 0. The van der Waals surface area contributed by atoms with Crippen LogP contribution in [0.25, 0.3) is 0 Å². The van der Waals surface area contributed by atoms with Gasteiger partial charge in [0.1, 0.15) is 12.7 Å². The van der Waals surface area contributed by atoms with Crippen molar-refractivity contribution in [1.29, 1.82) is 0 Å². The van der Waals surface area contributed by atoms with Crippen molar-refractivity contribution >= 4 is 12.1 Å². The Bertz CT molecular complexity index is 618. The van der Waals surface area contributed by atoms with Crippen LogP contribution >= 0.6 is 0 Å². The Balaban J connectivity index is 2.87. The van der Waals surface area contributed by atoms with Crippen LogP contribution in [0.15, 0.2) is 36.5 Å². The van der Waals surface area contributed by atoms with Crippen LogP contribution in [0.5, 0.6) is 0 Å². The summed E-state index contributed by atoms with van der Waals surface area (Å²) in [6, 6.07) is -1.19. The molecule has 170 valence electrons. The summed E-state index contributed by atoms with van der Waals surface area (Å²) in [5.41, 5.74) is 2.15. The number of hydrogen-bond acceptors (Lipinski definition) is 8. The molecule has 1 saturated heterocycles. The molecule has 0 aromatic carbocycles. The van der Waals surface area contributed by atoms with Gasteiger partial charge in [-0.1, -0.05) is 36.5 Å². The van der Waals surface area contributed by atoms with Gasteiger partial charge in [0, 0.05) is 6.61 Å². The van der Waals surface area contributed by atoms with Gasteiger partial charge in [0.2, 0.25) is 0 Å².